The number of H-pyrrole nitrogens is 1. The summed E-state index contributed by atoms with van der Waals surface area (Å²) >= 11 is 3.43. The fraction of sp³-hybridized carbons (Fsp3) is 0. The lowest BCUT2D eigenvalue weighted by molar-refractivity contribution is 0.112. The monoisotopic (exact) mass is 350 g/mol. The molecule has 2 aromatic heterocycles. The summed E-state index contributed by atoms with van der Waals surface area (Å²) in [6, 6.07) is 13.9. The smallest absolute Gasteiger partial charge is 0.152 e. The molecule has 3 nitrogen and oxygen atoms in total. The highest BCUT2D eigenvalue weighted by molar-refractivity contribution is 9.10. The average Bonchev–Trinajstić information content (AvgIpc) is 2.94. The number of nitrogens with zero attached hydrogens (tertiary/aromatic N) is 1. The molecule has 2 aromatic carbocycles. The van der Waals surface area contributed by atoms with E-state index in [2.05, 4.69) is 25.9 Å². The summed E-state index contributed by atoms with van der Waals surface area (Å²) in [7, 11) is 0. The van der Waals surface area contributed by atoms with Gasteiger partial charge in [-0.05, 0) is 23.8 Å². The van der Waals surface area contributed by atoms with E-state index in [0.29, 0.717) is 5.56 Å². The predicted molar refractivity (Wildman–Crippen MR) is 92.1 cm³/mol. The molecule has 4 heteroatoms. The zero-order valence-electron chi connectivity index (χ0n) is 11.5. The van der Waals surface area contributed by atoms with E-state index in [9.17, 15) is 4.79 Å². The zero-order valence-corrected chi connectivity index (χ0v) is 13.1. The zero-order chi connectivity index (χ0) is 15.1. The van der Waals surface area contributed by atoms with E-state index in [4.69, 9.17) is 0 Å². The van der Waals surface area contributed by atoms with Crippen molar-refractivity contribution in [3.63, 3.8) is 0 Å². The highest BCUT2D eigenvalue weighted by Crippen LogP contribution is 2.33. The Balaban J connectivity index is 2.08. The van der Waals surface area contributed by atoms with Crippen LogP contribution in [0.3, 0.4) is 0 Å². The number of carbonyl (C=O) groups excluding carboxylic acids is 1. The van der Waals surface area contributed by atoms with E-state index >= 15 is 0 Å². The van der Waals surface area contributed by atoms with E-state index in [0.717, 1.165) is 43.7 Å². The van der Waals surface area contributed by atoms with Crippen LogP contribution in [0.1, 0.15) is 10.4 Å². The minimum atomic E-state index is 0.691. The first-order valence-electron chi connectivity index (χ1n) is 6.87. The second-order valence-corrected chi connectivity index (χ2v) is 6.04. The normalized spacial score (nSPS) is 11.1. The van der Waals surface area contributed by atoms with Gasteiger partial charge in [0.15, 0.2) is 6.29 Å². The van der Waals surface area contributed by atoms with Gasteiger partial charge < -0.3 is 4.98 Å². The van der Waals surface area contributed by atoms with Crippen LogP contribution in [0.25, 0.3) is 32.9 Å². The molecule has 0 saturated carbocycles. The quantitative estimate of drug-likeness (QED) is 0.519. The van der Waals surface area contributed by atoms with Gasteiger partial charge in [0.2, 0.25) is 0 Å². The molecular formula is C18H11BrN2O. The van der Waals surface area contributed by atoms with Gasteiger partial charge in [-0.15, -0.1) is 0 Å². The Morgan fingerprint density at radius 3 is 2.59 bits per heavy atom. The number of fused-ring (bicyclic) bond motifs is 3. The number of benzene rings is 2. The maximum absolute atomic E-state index is 11.6. The molecule has 22 heavy (non-hydrogen) atoms. The average molecular weight is 351 g/mol. The van der Waals surface area contributed by atoms with Crippen molar-refractivity contribution >= 4 is 43.9 Å². The molecule has 0 aliphatic carbocycles. The lowest BCUT2D eigenvalue weighted by Crippen LogP contribution is -1.84. The third-order valence-electron chi connectivity index (χ3n) is 3.88. The minimum absolute atomic E-state index is 0.691. The van der Waals surface area contributed by atoms with Gasteiger partial charge in [0.05, 0.1) is 11.2 Å². The van der Waals surface area contributed by atoms with Crippen LogP contribution in [0.4, 0.5) is 0 Å². The summed E-state index contributed by atoms with van der Waals surface area (Å²) in [6.07, 6.45) is 4.52. The van der Waals surface area contributed by atoms with E-state index in [-0.39, 0.29) is 0 Å². The highest BCUT2D eigenvalue weighted by Gasteiger charge is 2.14. The number of aromatic nitrogens is 2. The highest BCUT2D eigenvalue weighted by atomic mass is 79.9. The number of nitrogens with one attached hydrogen (secondary N) is 1. The molecule has 0 bridgehead atoms. The van der Waals surface area contributed by atoms with E-state index in [1.54, 1.807) is 6.20 Å². The molecule has 4 aromatic rings. The van der Waals surface area contributed by atoms with Crippen molar-refractivity contribution in [1.82, 2.24) is 9.97 Å². The van der Waals surface area contributed by atoms with Crippen LogP contribution in [0.15, 0.2) is 59.3 Å². The summed E-state index contributed by atoms with van der Waals surface area (Å²) < 4.78 is 1.01. The second-order valence-electron chi connectivity index (χ2n) is 5.12. The summed E-state index contributed by atoms with van der Waals surface area (Å²) in [5.41, 5.74) is 3.50. The molecule has 2 heterocycles. The maximum Gasteiger partial charge on any atom is 0.152 e. The van der Waals surface area contributed by atoms with Gasteiger partial charge in [-0.1, -0.05) is 40.2 Å². The first kappa shape index (κ1) is 13.2. The van der Waals surface area contributed by atoms with Crippen molar-refractivity contribution in [3.05, 3.63) is 64.9 Å². The van der Waals surface area contributed by atoms with Crippen LogP contribution in [-0.2, 0) is 0 Å². The number of rotatable bonds is 2. The third-order valence-corrected chi connectivity index (χ3v) is 4.41. The summed E-state index contributed by atoms with van der Waals surface area (Å²) in [6.45, 7) is 0. The van der Waals surface area contributed by atoms with Gasteiger partial charge in [0, 0.05) is 38.6 Å². The van der Waals surface area contributed by atoms with Crippen LogP contribution in [0.5, 0.6) is 0 Å². The predicted octanol–water partition coefficient (Wildman–Crippen LogP) is 4.96. The van der Waals surface area contributed by atoms with Gasteiger partial charge in [-0.25, -0.2) is 0 Å². The molecule has 1 N–H and O–H groups in total. The van der Waals surface area contributed by atoms with Gasteiger partial charge in [0.1, 0.15) is 0 Å². The second kappa shape index (κ2) is 5.07. The Morgan fingerprint density at radius 1 is 1.00 bits per heavy atom. The molecule has 0 saturated heterocycles. The van der Waals surface area contributed by atoms with Gasteiger partial charge in [-0.3, -0.25) is 9.78 Å². The molecule has 0 fully saturated rings. The lowest BCUT2D eigenvalue weighted by atomic mass is 10.0. The standard InChI is InChI=1S/C18H11BrN2O/c19-13-4-1-11(2-5-13)17-16(10-22)15-6-3-12-9-20-8-7-14(12)18(15)21-17/h1-10,21H. The van der Waals surface area contributed by atoms with Crippen LogP contribution in [0.2, 0.25) is 0 Å². The molecule has 0 atom stereocenters. The minimum Gasteiger partial charge on any atom is -0.353 e. The lowest BCUT2D eigenvalue weighted by Gasteiger charge is -1.99. The molecule has 0 aliphatic heterocycles. The number of pyridine rings is 1. The summed E-state index contributed by atoms with van der Waals surface area (Å²) in [4.78, 5) is 19.2. The van der Waals surface area contributed by atoms with Crippen LogP contribution in [-0.4, -0.2) is 16.3 Å². The molecule has 0 aliphatic rings. The number of carbonyl (C=O) groups is 1. The third kappa shape index (κ3) is 1.96. The first-order chi connectivity index (χ1) is 10.8. The first-order valence-corrected chi connectivity index (χ1v) is 7.67. The topological polar surface area (TPSA) is 45.8 Å². The van der Waals surface area contributed by atoms with E-state index in [1.807, 2.05) is 48.7 Å². The summed E-state index contributed by atoms with van der Waals surface area (Å²) in [5, 5.41) is 3.06. The van der Waals surface area contributed by atoms with Gasteiger partial charge >= 0.3 is 0 Å². The number of aldehydes is 1. The number of hydrogen-bond acceptors (Lipinski definition) is 2. The van der Waals surface area contributed by atoms with Crippen molar-refractivity contribution in [3.8, 4) is 11.3 Å². The Bertz CT molecular complexity index is 1000. The summed E-state index contributed by atoms with van der Waals surface area (Å²) in [5.74, 6) is 0. The Kier molecular flexibility index (Phi) is 3.05. The molecule has 0 radical (unpaired) electrons. The molecular weight excluding hydrogens is 340 g/mol. The SMILES string of the molecule is O=Cc1c(-c2ccc(Br)cc2)[nH]c2c1ccc1cnccc12. The van der Waals surface area contributed by atoms with E-state index in [1.165, 1.54) is 0 Å². The van der Waals surface area contributed by atoms with Crippen molar-refractivity contribution in [2.24, 2.45) is 0 Å². The Morgan fingerprint density at radius 2 is 1.82 bits per heavy atom. The molecule has 0 unspecified atom stereocenters. The molecule has 0 amide bonds. The number of hydrogen-bond donors (Lipinski definition) is 1. The molecule has 106 valence electrons. The number of halogens is 1. The van der Waals surface area contributed by atoms with Crippen molar-refractivity contribution < 1.29 is 4.79 Å². The van der Waals surface area contributed by atoms with Crippen LogP contribution < -0.4 is 0 Å². The fourth-order valence-electron chi connectivity index (χ4n) is 2.82. The van der Waals surface area contributed by atoms with Gasteiger partial charge in [-0.2, -0.15) is 0 Å². The maximum atomic E-state index is 11.6. The van der Waals surface area contributed by atoms with E-state index < -0.39 is 0 Å². The fourth-order valence-corrected chi connectivity index (χ4v) is 3.09. The number of aromatic amines is 1. The van der Waals surface area contributed by atoms with Gasteiger partial charge in [0.25, 0.3) is 0 Å². The molecule has 4 rings (SSSR count). The Labute approximate surface area is 135 Å². The molecule has 0 spiro atoms. The van der Waals surface area contributed by atoms with Crippen LogP contribution >= 0.6 is 15.9 Å². The van der Waals surface area contributed by atoms with Crippen molar-refractivity contribution in [2.75, 3.05) is 0 Å². The Hall–Kier alpha value is -2.46. The van der Waals surface area contributed by atoms with Crippen LogP contribution in [0, 0.1) is 0 Å². The van der Waals surface area contributed by atoms with Crippen molar-refractivity contribution in [1.29, 1.82) is 0 Å². The largest absolute Gasteiger partial charge is 0.353 e. The van der Waals surface area contributed by atoms with Crippen molar-refractivity contribution in [2.45, 2.75) is 0 Å².